The summed E-state index contributed by atoms with van der Waals surface area (Å²) in [6, 6.07) is 0. The van der Waals surface area contributed by atoms with E-state index in [2.05, 4.69) is 6.58 Å². The lowest BCUT2D eigenvalue weighted by Gasteiger charge is -2.14. The van der Waals surface area contributed by atoms with Crippen molar-refractivity contribution in [3.05, 3.63) is 12.7 Å². The maximum atomic E-state index is 11.3. The standard InChI is InChI=1S/C11H18O4/c1-5-8(3)11(13)14-7-9(4)15-10(12)6-2/h6,8-9H,2,5,7H2,1,3-4H3. The summed E-state index contributed by atoms with van der Waals surface area (Å²) in [4.78, 5) is 22.0. The van der Waals surface area contributed by atoms with Gasteiger partial charge in [-0.25, -0.2) is 4.79 Å². The molecule has 0 aromatic rings. The van der Waals surface area contributed by atoms with Gasteiger partial charge in [0, 0.05) is 6.08 Å². The van der Waals surface area contributed by atoms with Gasteiger partial charge in [-0.3, -0.25) is 4.79 Å². The maximum Gasteiger partial charge on any atom is 0.330 e. The molecule has 0 aliphatic rings. The summed E-state index contributed by atoms with van der Waals surface area (Å²) < 4.78 is 9.78. The number of carbonyl (C=O) groups is 2. The van der Waals surface area contributed by atoms with Gasteiger partial charge in [-0.05, 0) is 13.3 Å². The van der Waals surface area contributed by atoms with E-state index in [0.717, 1.165) is 12.5 Å². The fourth-order valence-electron chi connectivity index (χ4n) is 0.789. The maximum absolute atomic E-state index is 11.3. The lowest BCUT2D eigenvalue weighted by Crippen LogP contribution is -2.23. The van der Waals surface area contributed by atoms with E-state index in [1.807, 2.05) is 6.92 Å². The predicted octanol–water partition coefficient (Wildman–Crippen LogP) is 1.69. The molecule has 0 aromatic carbocycles. The zero-order valence-corrected chi connectivity index (χ0v) is 9.49. The lowest BCUT2D eigenvalue weighted by atomic mass is 10.1. The van der Waals surface area contributed by atoms with Crippen LogP contribution in [0.4, 0.5) is 0 Å². The van der Waals surface area contributed by atoms with Crippen LogP contribution in [0.25, 0.3) is 0 Å². The molecule has 0 fully saturated rings. The second-order valence-corrected chi connectivity index (χ2v) is 3.39. The number of hydrogen-bond acceptors (Lipinski definition) is 4. The van der Waals surface area contributed by atoms with Crippen molar-refractivity contribution in [3.63, 3.8) is 0 Å². The Labute approximate surface area is 90.2 Å². The molecule has 0 amide bonds. The van der Waals surface area contributed by atoms with Gasteiger partial charge in [-0.15, -0.1) is 0 Å². The molecule has 15 heavy (non-hydrogen) atoms. The fraction of sp³-hybridized carbons (Fsp3) is 0.636. The molecule has 0 saturated heterocycles. The molecule has 0 bridgehead atoms. The van der Waals surface area contributed by atoms with E-state index < -0.39 is 12.1 Å². The molecule has 0 aliphatic carbocycles. The monoisotopic (exact) mass is 214 g/mol. The Bertz CT molecular complexity index is 235. The molecule has 0 spiro atoms. The highest BCUT2D eigenvalue weighted by atomic mass is 16.6. The Kier molecular flexibility index (Phi) is 6.42. The number of rotatable bonds is 6. The van der Waals surface area contributed by atoms with E-state index in [9.17, 15) is 9.59 Å². The van der Waals surface area contributed by atoms with Crippen LogP contribution >= 0.6 is 0 Å². The van der Waals surface area contributed by atoms with Crippen molar-refractivity contribution < 1.29 is 19.1 Å². The minimum atomic E-state index is -0.512. The fourth-order valence-corrected chi connectivity index (χ4v) is 0.789. The van der Waals surface area contributed by atoms with Gasteiger partial charge in [-0.1, -0.05) is 20.4 Å². The van der Waals surface area contributed by atoms with Crippen LogP contribution in [0.15, 0.2) is 12.7 Å². The third-order valence-electron chi connectivity index (χ3n) is 1.96. The van der Waals surface area contributed by atoms with Gasteiger partial charge in [-0.2, -0.15) is 0 Å². The van der Waals surface area contributed by atoms with E-state index in [1.165, 1.54) is 0 Å². The number of hydrogen-bond donors (Lipinski definition) is 0. The van der Waals surface area contributed by atoms with Crippen LogP contribution in [0.1, 0.15) is 27.2 Å². The quantitative estimate of drug-likeness (QED) is 0.498. The third-order valence-corrected chi connectivity index (χ3v) is 1.96. The first-order valence-corrected chi connectivity index (χ1v) is 5.00. The normalized spacial score (nSPS) is 13.8. The van der Waals surface area contributed by atoms with E-state index in [-0.39, 0.29) is 18.5 Å². The molecule has 0 rings (SSSR count). The van der Waals surface area contributed by atoms with Crippen LogP contribution in [-0.4, -0.2) is 24.6 Å². The summed E-state index contributed by atoms with van der Waals surface area (Å²) in [5.41, 5.74) is 0. The molecule has 0 N–H and O–H groups in total. The van der Waals surface area contributed by atoms with Crippen molar-refractivity contribution in [3.8, 4) is 0 Å². The van der Waals surface area contributed by atoms with Crippen LogP contribution < -0.4 is 0 Å². The first-order valence-electron chi connectivity index (χ1n) is 5.00. The Hall–Kier alpha value is -1.32. The molecular formula is C11H18O4. The van der Waals surface area contributed by atoms with Crippen LogP contribution in [0, 0.1) is 5.92 Å². The summed E-state index contributed by atoms with van der Waals surface area (Å²) in [5, 5.41) is 0. The second kappa shape index (κ2) is 7.04. The zero-order chi connectivity index (χ0) is 11.8. The SMILES string of the molecule is C=CC(=O)OC(C)COC(=O)C(C)CC. The van der Waals surface area contributed by atoms with Gasteiger partial charge in [0.25, 0.3) is 0 Å². The van der Waals surface area contributed by atoms with E-state index in [4.69, 9.17) is 9.47 Å². The number of carbonyl (C=O) groups excluding carboxylic acids is 2. The van der Waals surface area contributed by atoms with Crippen LogP contribution in [-0.2, 0) is 19.1 Å². The molecule has 0 saturated carbocycles. The molecule has 4 heteroatoms. The van der Waals surface area contributed by atoms with Gasteiger partial charge < -0.3 is 9.47 Å². The Morgan fingerprint density at radius 2 is 2.00 bits per heavy atom. The number of ether oxygens (including phenoxy) is 2. The zero-order valence-electron chi connectivity index (χ0n) is 9.49. The van der Waals surface area contributed by atoms with Crippen molar-refractivity contribution in [2.75, 3.05) is 6.61 Å². The van der Waals surface area contributed by atoms with E-state index in [1.54, 1.807) is 13.8 Å². The van der Waals surface area contributed by atoms with Crippen molar-refractivity contribution in [1.29, 1.82) is 0 Å². The first-order chi connectivity index (χ1) is 7.01. The van der Waals surface area contributed by atoms with Gasteiger partial charge in [0.05, 0.1) is 5.92 Å². The number of esters is 2. The van der Waals surface area contributed by atoms with E-state index in [0.29, 0.717) is 0 Å². The van der Waals surface area contributed by atoms with Gasteiger partial charge >= 0.3 is 11.9 Å². The highest BCUT2D eigenvalue weighted by Crippen LogP contribution is 2.04. The van der Waals surface area contributed by atoms with Gasteiger partial charge in [0.15, 0.2) is 0 Å². The van der Waals surface area contributed by atoms with Crippen molar-refractivity contribution in [1.82, 2.24) is 0 Å². The van der Waals surface area contributed by atoms with Crippen molar-refractivity contribution in [2.45, 2.75) is 33.3 Å². The topological polar surface area (TPSA) is 52.6 Å². The minimum Gasteiger partial charge on any atom is -0.462 e. The Balaban J connectivity index is 3.80. The molecule has 2 unspecified atom stereocenters. The molecule has 0 heterocycles. The summed E-state index contributed by atoms with van der Waals surface area (Å²) in [7, 11) is 0. The lowest BCUT2D eigenvalue weighted by molar-refractivity contribution is -0.157. The smallest absolute Gasteiger partial charge is 0.330 e. The highest BCUT2D eigenvalue weighted by molar-refractivity contribution is 5.81. The minimum absolute atomic E-state index is 0.0861. The third kappa shape index (κ3) is 5.88. The molecule has 86 valence electrons. The average molecular weight is 214 g/mol. The second-order valence-electron chi connectivity index (χ2n) is 3.39. The summed E-state index contributed by atoms with van der Waals surface area (Å²) in [6.07, 6.45) is 1.37. The predicted molar refractivity (Wildman–Crippen MR) is 56.2 cm³/mol. The molecule has 4 nitrogen and oxygen atoms in total. The summed E-state index contributed by atoms with van der Waals surface area (Å²) >= 11 is 0. The summed E-state index contributed by atoms with van der Waals surface area (Å²) in [5.74, 6) is -0.895. The van der Waals surface area contributed by atoms with Crippen LogP contribution in [0.2, 0.25) is 0 Å². The Morgan fingerprint density at radius 1 is 1.40 bits per heavy atom. The van der Waals surface area contributed by atoms with Crippen molar-refractivity contribution >= 4 is 11.9 Å². The van der Waals surface area contributed by atoms with Gasteiger partial charge in [0.1, 0.15) is 12.7 Å². The van der Waals surface area contributed by atoms with Crippen molar-refractivity contribution in [2.24, 2.45) is 5.92 Å². The molecule has 0 radical (unpaired) electrons. The Morgan fingerprint density at radius 3 is 2.47 bits per heavy atom. The van der Waals surface area contributed by atoms with E-state index >= 15 is 0 Å². The largest absolute Gasteiger partial charge is 0.462 e. The molecule has 0 aliphatic heterocycles. The highest BCUT2D eigenvalue weighted by Gasteiger charge is 2.14. The summed E-state index contributed by atoms with van der Waals surface area (Å²) in [6.45, 7) is 8.72. The first kappa shape index (κ1) is 13.7. The average Bonchev–Trinajstić information content (AvgIpc) is 2.24. The van der Waals surface area contributed by atoms with Crippen LogP contribution in [0.3, 0.4) is 0 Å². The molecular weight excluding hydrogens is 196 g/mol. The molecule has 0 aromatic heterocycles. The molecule has 2 atom stereocenters. The van der Waals surface area contributed by atoms with Gasteiger partial charge in [0.2, 0.25) is 0 Å². The van der Waals surface area contributed by atoms with Crippen LogP contribution in [0.5, 0.6) is 0 Å².